The van der Waals surface area contributed by atoms with Gasteiger partial charge in [0.1, 0.15) is 10.8 Å². The predicted molar refractivity (Wildman–Crippen MR) is 110 cm³/mol. The number of rotatable bonds is 7. The summed E-state index contributed by atoms with van der Waals surface area (Å²) in [5, 5.41) is 11.1. The summed E-state index contributed by atoms with van der Waals surface area (Å²) in [6.07, 6.45) is 1.50. The van der Waals surface area contributed by atoms with Crippen LogP contribution in [0.5, 0.6) is 0 Å². The van der Waals surface area contributed by atoms with E-state index in [1.807, 2.05) is 6.92 Å². The highest BCUT2D eigenvalue weighted by molar-refractivity contribution is 8.02. The molecule has 0 fully saturated rings. The maximum Gasteiger partial charge on any atom is 0.263 e. The molecule has 0 saturated heterocycles. The Morgan fingerprint density at radius 2 is 1.89 bits per heavy atom. The van der Waals surface area contributed by atoms with Crippen LogP contribution in [0.15, 0.2) is 57.9 Å². The standard InChI is InChI=1S/C17H17N5O3S3/c1-11(26-17-21-20-12(2)27-17)16(23)19-13-6-8-14(9-7-13)28(24,25)22-15-5-3-4-10-18-15/h3-11H,1-2H3,(H,18,22)(H,19,23). The summed E-state index contributed by atoms with van der Waals surface area (Å²) < 4.78 is 27.9. The molecule has 0 radical (unpaired) electrons. The summed E-state index contributed by atoms with van der Waals surface area (Å²) in [6.45, 7) is 3.62. The first-order valence-electron chi connectivity index (χ1n) is 8.15. The molecular weight excluding hydrogens is 418 g/mol. The third-order valence-electron chi connectivity index (χ3n) is 3.49. The molecule has 1 unspecified atom stereocenters. The van der Waals surface area contributed by atoms with Gasteiger partial charge in [0.2, 0.25) is 5.91 Å². The Hall–Kier alpha value is -2.50. The molecule has 0 saturated carbocycles. The van der Waals surface area contributed by atoms with Crippen LogP contribution in [-0.4, -0.2) is 34.8 Å². The second-order valence-electron chi connectivity index (χ2n) is 5.68. The smallest absolute Gasteiger partial charge is 0.263 e. The van der Waals surface area contributed by atoms with Gasteiger partial charge in [-0.3, -0.25) is 9.52 Å². The fourth-order valence-corrected chi connectivity index (χ4v) is 5.08. The fourth-order valence-electron chi connectivity index (χ4n) is 2.11. The van der Waals surface area contributed by atoms with E-state index in [-0.39, 0.29) is 21.9 Å². The summed E-state index contributed by atoms with van der Waals surface area (Å²) >= 11 is 2.75. The third kappa shape index (κ3) is 5.27. The maximum absolute atomic E-state index is 12.4. The molecule has 0 aliphatic rings. The van der Waals surface area contributed by atoms with Gasteiger partial charge in [-0.25, -0.2) is 13.4 Å². The fraction of sp³-hybridized carbons (Fsp3) is 0.176. The van der Waals surface area contributed by atoms with E-state index in [2.05, 4.69) is 25.2 Å². The number of amides is 1. The molecule has 2 aromatic heterocycles. The second-order valence-corrected chi connectivity index (χ2v) is 10.1. The Labute approximate surface area is 170 Å². The quantitative estimate of drug-likeness (QED) is 0.548. The van der Waals surface area contributed by atoms with E-state index in [1.54, 1.807) is 25.1 Å². The van der Waals surface area contributed by atoms with Crippen LogP contribution in [0.25, 0.3) is 0 Å². The highest BCUT2D eigenvalue weighted by atomic mass is 32.2. The summed E-state index contributed by atoms with van der Waals surface area (Å²) in [5.74, 6) is 0.0257. The Morgan fingerprint density at radius 3 is 2.50 bits per heavy atom. The molecule has 3 rings (SSSR count). The lowest BCUT2D eigenvalue weighted by atomic mass is 10.3. The van der Waals surface area contributed by atoms with Gasteiger partial charge in [0.05, 0.1) is 10.1 Å². The summed E-state index contributed by atoms with van der Waals surface area (Å²) in [6, 6.07) is 10.9. The molecular formula is C17H17N5O3S3. The van der Waals surface area contributed by atoms with Crippen LogP contribution < -0.4 is 10.0 Å². The first-order valence-corrected chi connectivity index (χ1v) is 11.3. The van der Waals surface area contributed by atoms with Crippen molar-refractivity contribution in [3.8, 4) is 0 Å². The Morgan fingerprint density at radius 1 is 1.14 bits per heavy atom. The van der Waals surface area contributed by atoms with E-state index < -0.39 is 10.0 Å². The Bertz CT molecular complexity index is 1050. The number of nitrogens with one attached hydrogen (secondary N) is 2. The SMILES string of the molecule is Cc1nnc(SC(C)C(=O)Nc2ccc(S(=O)(=O)Nc3ccccn3)cc2)s1. The van der Waals surface area contributed by atoms with Gasteiger partial charge >= 0.3 is 0 Å². The van der Waals surface area contributed by atoms with Crippen molar-refractivity contribution in [3.63, 3.8) is 0 Å². The van der Waals surface area contributed by atoms with Gasteiger partial charge in [0.25, 0.3) is 10.0 Å². The Balaban J connectivity index is 1.62. The molecule has 2 heterocycles. The van der Waals surface area contributed by atoms with Crippen molar-refractivity contribution in [1.29, 1.82) is 0 Å². The number of sulfonamides is 1. The number of pyridine rings is 1. The largest absolute Gasteiger partial charge is 0.325 e. The van der Waals surface area contributed by atoms with Crippen molar-refractivity contribution < 1.29 is 13.2 Å². The van der Waals surface area contributed by atoms with Gasteiger partial charge in [-0.2, -0.15) is 0 Å². The van der Waals surface area contributed by atoms with Crippen molar-refractivity contribution in [2.24, 2.45) is 0 Å². The monoisotopic (exact) mass is 435 g/mol. The zero-order valence-electron chi connectivity index (χ0n) is 15.0. The topological polar surface area (TPSA) is 114 Å². The molecule has 0 spiro atoms. The lowest BCUT2D eigenvalue weighted by Crippen LogP contribution is -2.22. The van der Waals surface area contributed by atoms with Crippen molar-refractivity contribution >= 4 is 50.5 Å². The average Bonchev–Trinajstić information content (AvgIpc) is 3.07. The first kappa shape index (κ1) is 20.2. The highest BCUT2D eigenvalue weighted by Gasteiger charge is 2.18. The number of nitrogens with zero attached hydrogens (tertiary/aromatic N) is 3. The lowest BCUT2D eigenvalue weighted by Gasteiger charge is -2.11. The number of carbonyl (C=O) groups excluding carboxylic acids is 1. The zero-order valence-corrected chi connectivity index (χ0v) is 17.4. The number of hydrogen-bond donors (Lipinski definition) is 2. The van der Waals surface area contributed by atoms with E-state index in [0.717, 1.165) is 9.35 Å². The average molecular weight is 436 g/mol. The molecule has 0 aliphatic carbocycles. The van der Waals surface area contributed by atoms with Crippen molar-refractivity contribution in [1.82, 2.24) is 15.2 Å². The number of aryl methyl sites for hydroxylation is 1. The maximum atomic E-state index is 12.4. The normalized spacial score (nSPS) is 12.4. The molecule has 0 aliphatic heterocycles. The predicted octanol–water partition coefficient (Wildman–Crippen LogP) is 3.16. The van der Waals surface area contributed by atoms with Crippen LogP contribution in [0.4, 0.5) is 11.5 Å². The van der Waals surface area contributed by atoms with Gasteiger partial charge in [0, 0.05) is 11.9 Å². The minimum atomic E-state index is -3.76. The van der Waals surface area contributed by atoms with Crippen LogP contribution in [0, 0.1) is 6.92 Å². The lowest BCUT2D eigenvalue weighted by molar-refractivity contribution is -0.115. The zero-order chi connectivity index (χ0) is 20.1. The van der Waals surface area contributed by atoms with Crippen LogP contribution in [-0.2, 0) is 14.8 Å². The van der Waals surface area contributed by atoms with Gasteiger partial charge in [-0.05, 0) is 50.2 Å². The minimum Gasteiger partial charge on any atom is -0.325 e. The Kier molecular flexibility index (Phi) is 6.27. The van der Waals surface area contributed by atoms with Crippen LogP contribution >= 0.6 is 23.1 Å². The number of thioether (sulfide) groups is 1. The summed E-state index contributed by atoms with van der Waals surface area (Å²) in [4.78, 5) is 16.3. The molecule has 28 heavy (non-hydrogen) atoms. The number of benzene rings is 1. The molecule has 146 valence electrons. The van der Waals surface area contributed by atoms with E-state index in [0.29, 0.717) is 5.69 Å². The molecule has 1 amide bonds. The number of hydrogen-bond acceptors (Lipinski definition) is 8. The van der Waals surface area contributed by atoms with Crippen molar-refractivity contribution in [3.05, 3.63) is 53.7 Å². The number of aromatic nitrogens is 3. The molecule has 2 N–H and O–H groups in total. The molecule has 11 heteroatoms. The van der Waals surface area contributed by atoms with Crippen molar-refractivity contribution in [2.75, 3.05) is 10.0 Å². The summed E-state index contributed by atoms with van der Waals surface area (Å²) in [7, 11) is -3.76. The molecule has 8 nitrogen and oxygen atoms in total. The van der Waals surface area contributed by atoms with E-state index in [4.69, 9.17) is 0 Å². The summed E-state index contributed by atoms with van der Waals surface area (Å²) in [5.41, 5.74) is 0.502. The van der Waals surface area contributed by atoms with Gasteiger partial charge in [0.15, 0.2) is 4.34 Å². The number of carbonyl (C=O) groups is 1. The van der Waals surface area contributed by atoms with E-state index >= 15 is 0 Å². The van der Waals surface area contributed by atoms with E-state index in [9.17, 15) is 13.2 Å². The van der Waals surface area contributed by atoms with Gasteiger partial charge < -0.3 is 5.32 Å². The highest BCUT2D eigenvalue weighted by Crippen LogP contribution is 2.27. The molecule has 3 aromatic rings. The second kappa shape index (κ2) is 8.67. The van der Waals surface area contributed by atoms with Crippen LogP contribution in [0.1, 0.15) is 11.9 Å². The minimum absolute atomic E-state index is 0.0721. The number of anilines is 2. The molecule has 1 aromatic carbocycles. The molecule has 1 atom stereocenters. The van der Waals surface area contributed by atoms with Crippen molar-refractivity contribution in [2.45, 2.75) is 28.3 Å². The van der Waals surface area contributed by atoms with E-state index in [1.165, 1.54) is 53.6 Å². The van der Waals surface area contributed by atoms with Crippen LogP contribution in [0.3, 0.4) is 0 Å². The first-order chi connectivity index (χ1) is 13.3. The third-order valence-corrected chi connectivity index (χ3v) is 6.88. The van der Waals surface area contributed by atoms with Gasteiger partial charge in [-0.1, -0.05) is 29.2 Å². The molecule has 0 bridgehead atoms. The van der Waals surface area contributed by atoms with Crippen LogP contribution in [0.2, 0.25) is 0 Å². The van der Waals surface area contributed by atoms with Gasteiger partial charge in [-0.15, -0.1) is 10.2 Å².